The van der Waals surface area contributed by atoms with Crippen molar-refractivity contribution in [3.05, 3.63) is 58.3 Å². The number of nitro groups is 1. The number of carbonyl (C=O) groups excluding carboxylic acids is 1. The minimum Gasteiger partial charge on any atom is -0.463 e. The van der Waals surface area contributed by atoms with Gasteiger partial charge in [0.25, 0.3) is 5.69 Å². The normalized spacial score (nSPS) is 10.7. The van der Waals surface area contributed by atoms with Crippen LogP contribution >= 0.6 is 0 Å². The topological polar surface area (TPSA) is 82.6 Å². The Morgan fingerprint density at radius 1 is 1.38 bits per heavy atom. The Kier molecular flexibility index (Phi) is 4.50. The highest BCUT2D eigenvalue weighted by atomic mass is 16.6. The Morgan fingerprint density at radius 3 is 2.90 bits per heavy atom. The summed E-state index contributed by atoms with van der Waals surface area (Å²) in [5, 5.41) is 10.7. The zero-order valence-corrected chi connectivity index (χ0v) is 11.3. The maximum absolute atomic E-state index is 11.2. The summed E-state index contributed by atoms with van der Waals surface area (Å²) in [6.07, 6.45) is 2.75. The summed E-state index contributed by atoms with van der Waals surface area (Å²) < 4.78 is 10.3. The largest absolute Gasteiger partial charge is 0.463 e. The third kappa shape index (κ3) is 3.79. The van der Waals surface area contributed by atoms with Gasteiger partial charge in [0.05, 0.1) is 11.5 Å². The molecule has 0 bridgehead atoms. The summed E-state index contributed by atoms with van der Waals surface area (Å²) in [6, 6.07) is 9.49. The smallest absolute Gasteiger partial charge is 0.330 e. The Morgan fingerprint density at radius 2 is 2.19 bits per heavy atom. The van der Waals surface area contributed by atoms with Crippen molar-refractivity contribution < 1.29 is 18.9 Å². The van der Waals surface area contributed by atoms with E-state index in [2.05, 4.69) is 0 Å². The average molecular weight is 287 g/mol. The number of furan rings is 1. The molecule has 0 amide bonds. The molecule has 0 N–H and O–H groups in total. The number of hydrogen-bond acceptors (Lipinski definition) is 5. The first-order valence-electron chi connectivity index (χ1n) is 6.29. The summed E-state index contributed by atoms with van der Waals surface area (Å²) in [5.41, 5.74) is 0.590. The molecular formula is C15H13NO5. The first-order valence-corrected chi connectivity index (χ1v) is 6.29. The molecule has 108 valence electrons. The van der Waals surface area contributed by atoms with Crippen molar-refractivity contribution in [3.63, 3.8) is 0 Å². The third-order valence-electron chi connectivity index (χ3n) is 2.64. The predicted molar refractivity (Wildman–Crippen MR) is 76.5 cm³/mol. The lowest BCUT2D eigenvalue weighted by atomic mass is 10.1. The van der Waals surface area contributed by atoms with Gasteiger partial charge in [-0.2, -0.15) is 0 Å². The van der Waals surface area contributed by atoms with Crippen molar-refractivity contribution in [1.29, 1.82) is 0 Å². The second-order valence-electron chi connectivity index (χ2n) is 4.09. The number of benzene rings is 1. The molecule has 0 saturated carbocycles. The lowest BCUT2D eigenvalue weighted by Crippen LogP contribution is -1.98. The summed E-state index contributed by atoms with van der Waals surface area (Å²) in [5.74, 6) is 0.498. The molecule has 0 atom stereocenters. The fraction of sp³-hybridized carbons (Fsp3) is 0.133. The molecule has 21 heavy (non-hydrogen) atoms. The number of rotatable bonds is 5. The van der Waals surface area contributed by atoms with Gasteiger partial charge in [-0.25, -0.2) is 4.79 Å². The van der Waals surface area contributed by atoms with Crippen LogP contribution in [0.2, 0.25) is 0 Å². The van der Waals surface area contributed by atoms with Gasteiger partial charge in [-0.3, -0.25) is 10.1 Å². The molecular weight excluding hydrogens is 274 g/mol. The molecule has 6 heteroatoms. The van der Waals surface area contributed by atoms with Crippen molar-refractivity contribution in [3.8, 4) is 11.3 Å². The molecule has 1 aromatic heterocycles. The minimum atomic E-state index is -0.464. The van der Waals surface area contributed by atoms with Crippen molar-refractivity contribution >= 4 is 17.7 Å². The molecule has 2 aromatic rings. The van der Waals surface area contributed by atoms with Gasteiger partial charge in [-0.15, -0.1) is 0 Å². The van der Waals surface area contributed by atoms with Crippen LogP contribution in [0.3, 0.4) is 0 Å². The number of non-ortho nitro benzene ring substituents is 1. The predicted octanol–water partition coefficient (Wildman–Crippen LogP) is 3.43. The summed E-state index contributed by atoms with van der Waals surface area (Å²) in [7, 11) is 0. The van der Waals surface area contributed by atoms with Crippen molar-refractivity contribution in [2.75, 3.05) is 6.61 Å². The SMILES string of the molecule is CCOC(=O)C=Cc1ccc(-c2cccc([N+](=O)[O-])c2)o1. The first-order chi connectivity index (χ1) is 10.1. The zero-order chi connectivity index (χ0) is 15.2. The molecule has 0 aliphatic rings. The van der Waals surface area contributed by atoms with Gasteiger partial charge in [0.15, 0.2) is 0 Å². The quantitative estimate of drug-likeness (QED) is 0.364. The first kappa shape index (κ1) is 14.5. The molecule has 0 spiro atoms. The van der Waals surface area contributed by atoms with Crippen LogP contribution < -0.4 is 0 Å². The molecule has 1 heterocycles. The molecule has 2 rings (SSSR count). The molecule has 0 aliphatic heterocycles. The monoisotopic (exact) mass is 287 g/mol. The Balaban J connectivity index is 2.18. The van der Waals surface area contributed by atoms with Gasteiger partial charge in [-0.05, 0) is 25.1 Å². The van der Waals surface area contributed by atoms with E-state index in [0.29, 0.717) is 23.7 Å². The number of carbonyl (C=O) groups is 1. The van der Waals surface area contributed by atoms with Gasteiger partial charge in [-0.1, -0.05) is 12.1 Å². The second-order valence-corrected chi connectivity index (χ2v) is 4.09. The van der Waals surface area contributed by atoms with Crippen LogP contribution in [0.25, 0.3) is 17.4 Å². The highest BCUT2D eigenvalue weighted by molar-refractivity contribution is 5.86. The number of nitrogens with zero attached hydrogens (tertiary/aromatic N) is 1. The van der Waals surface area contributed by atoms with E-state index in [-0.39, 0.29) is 5.69 Å². The van der Waals surface area contributed by atoms with E-state index in [1.807, 2.05) is 0 Å². The van der Waals surface area contributed by atoms with E-state index in [0.717, 1.165) is 0 Å². The van der Waals surface area contributed by atoms with E-state index >= 15 is 0 Å². The van der Waals surface area contributed by atoms with Gasteiger partial charge >= 0.3 is 5.97 Å². The molecule has 0 aliphatic carbocycles. The molecule has 1 aromatic carbocycles. The van der Waals surface area contributed by atoms with E-state index in [9.17, 15) is 14.9 Å². The fourth-order valence-electron chi connectivity index (χ4n) is 1.71. The molecule has 0 fully saturated rings. The van der Waals surface area contributed by atoms with E-state index in [1.165, 1.54) is 24.3 Å². The van der Waals surface area contributed by atoms with Crippen LogP contribution in [0.5, 0.6) is 0 Å². The number of nitro benzene ring substituents is 1. The summed E-state index contributed by atoms with van der Waals surface area (Å²) >= 11 is 0. The van der Waals surface area contributed by atoms with Crippen molar-refractivity contribution in [2.45, 2.75) is 6.92 Å². The third-order valence-corrected chi connectivity index (χ3v) is 2.64. The number of hydrogen-bond donors (Lipinski definition) is 0. The van der Waals surface area contributed by atoms with Crippen LogP contribution in [0, 0.1) is 10.1 Å². The van der Waals surface area contributed by atoms with Crippen LogP contribution in [0.1, 0.15) is 12.7 Å². The molecule has 6 nitrogen and oxygen atoms in total. The van der Waals surface area contributed by atoms with Crippen molar-refractivity contribution in [1.82, 2.24) is 0 Å². The standard InChI is InChI=1S/C15H13NO5/c1-2-20-15(17)9-7-13-6-8-14(21-13)11-4-3-5-12(10-11)16(18)19/h3-10H,2H2,1H3. The average Bonchev–Trinajstić information content (AvgIpc) is 2.94. The maximum atomic E-state index is 11.2. The van der Waals surface area contributed by atoms with Gasteiger partial charge in [0.2, 0.25) is 0 Å². The lowest BCUT2D eigenvalue weighted by molar-refractivity contribution is -0.384. The zero-order valence-electron chi connectivity index (χ0n) is 11.3. The van der Waals surface area contributed by atoms with Crippen LogP contribution in [0.4, 0.5) is 5.69 Å². The van der Waals surface area contributed by atoms with Gasteiger partial charge < -0.3 is 9.15 Å². The van der Waals surface area contributed by atoms with Crippen LogP contribution in [-0.2, 0) is 9.53 Å². The summed E-state index contributed by atoms with van der Waals surface area (Å²) in [4.78, 5) is 21.5. The van der Waals surface area contributed by atoms with Crippen molar-refractivity contribution in [2.24, 2.45) is 0 Å². The minimum absolute atomic E-state index is 0.00693. The van der Waals surface area contributed by atoms with E-state index in [1.54, 1.807) is 31.2 Å². The van der Waals surface area contributed by atoms with E-state index in [4.69, 9.17) is 9.15 Å². The van der Waals surface area contributed by atoms with Gasteiger partial charge in [0, 0.05) is 23.8 Å². The Bertz CT molecular complexity index is 687. The van der Waals surface area contributed by atoms with Gasteiger partial charge in [0.1, 0.15) is 11.5 Å². The van der Waals surface area contributed by atoms with Crippen LogP contribution in [0.15, 0.2) is 46.9 Å². The molecule has 0 saturated heterocycles. The Hall–Kier alpha value is -2.89. The second kappa shape index (κ2) is 6.51. The molecule has 0 unspecified atom stereocenters. The Labute approximate surface area is 120 Å². The number of esters is 1. The maximum Gasteiger partial charge on any atom is 0.330 e. The number of ether oxygens (including phenoxy) is 1. The highest BCUT2D eigenvalue weighted by Gasteiger charge is 2.09. The van der Waals surface area contributed by atoms with Crippen LogP contribution in [-0.4, -0.2) is 17.5 Å². The highest BCUT2D eigenvalue weighted by Crippen LogP contribution is 2.26. The molecule has 0 radical (unpaired) electrons. The summed E-state index contributed by atoms with van der Waals surface area (Å²) in [6.45, 7) is 2.03. The lowest BCUT2D eigenvalue weighted by Gasteiger charge is -1.97. The fourth-order valence-corrected chi connectivity index (χ4v) is 1.71. The van der Waals surface area contributed by atoms with E-state index < -0.39 is 10.9 Å².